The standard InChI is InChI=1S/C24H23N7O2/c1-15-8-9-17(12-19(15)32)21(26)20-22(27)29-14-30-23(20)28-10-11-31(24(33)16(2)13-25)18-6-4-3-5-7-18/h3-9,12,14,26,32H,2,10-11H2,1H3,(H3,27,28,29,30). The Morgan fingerprint density at radius 2 is 2.00 bits per heavy atom. The Labute approximate surface area is 191 Å². The molecule has 0 unspecified atom stereocenters. The summed E-state index contributed by atoms with van der Waals surface area (Å²) in [5.74, 6) is -0.0220. The summed E-state index contributed by atoms with van der Waals surface area (Å²) in [5.41, 5.74) is 7.95. The van der Waals surface area contributed by atoms with E-state index in [0.717, 1.165) is 0 Å². The van der Waals surface area contributed by atoms with E-state index in [1.807, 2.05) is 6.07 Å². The van der Waals surface area contributed by atoms with Crippen molar-refractivity contribution in [2.45, 2.75) is 6.92 Å². The fraction of sp³-hybridized carbons (Fsp3) is 0.125. The number of nitriles is 1. The molecule has 0 saturated heterocycles. The number of aryl methyl sites for hydroxylation is 1. The number of phenols is 1. The Balaban J connectivity index is 1.84. The number of aromatic nitrogens is 2. The second-order valence-electron chi connectivity index (χ2n) is 7.17. The van der Waals surface area contributed by atoms with E-state index < -0.39 is 5.91 Å². The van der Waals surface area contributed by atoms with Crippen LogP contribution < -0.4 is 16.0 Å². The lowest BCUT2D eigenvalue weighted by molar-refractivity contribution is -0.114. The molecule has 5 N–H and O–H groups in total. The van der Waals surface area contributed by atoms with E-state index in [-0.39, 0.29) is 41.5 Å². The molecule has 0 saturated carbocycles. The summed E-state index contributed by atoms with van der Waals surface area (Å²) in [6.07, 6.45) is 1.28. The number of para-hydroxylation sites is 1. The number of nitrogens with zero attached hydrogens (tertiary/aromatic N) is 4. The smallest absolute Gasteiger partial charge is 0.268 e. The highest BCUT2D eigenvalue weighted by Crippen LogP contribution is 2.25. The van der Waals surface area contributed by atoms with Gasteiger partial charge in [0.2, 0.25) is 0 Å². The second-order valence-corrected chi connectivity index (χ2v) is 7.17. The highest BCUT2D eigenvalue weighted by atomic mass is 16.3. The van der Waals surface area contributed by atoms with Crippen molar-refractivity contribution in [2.75, 3.05) is 29.0 Å². The third-order valence-electron chi connectivity index (χ3n) is 4.96. The van der Waals surface area contributed by atoms with Crippen molar-refractivity contribution < 1.29 is 9.90 Å². The minimum Gasteiger partial charge on any atom is -0.508 e. The minimum absolute atomic E-state index is 0.0414. The number of anilines is 3. The third-order valence-corrected chi connectivity index (χ3v) is 4.96. The van der Waals surface area contributed by atoms with Crippen LogP contribution in [0.2, 0.25) is 0 Å². The van der Waals surface area contributed by atoms with Gasteiger partial charge < -0.3 is 21.1 Å². The van der Waals surface area contributed by atoms with Gasteiger partial charge in [0.05, 0.1) is 11.3 Å². The Hall–Kier alpha value is -4.71. The molecule has 0 radical (unpaired) electrons. The van der Waals surface area contributed by atoms with Crippen LogP contribution in [0.3, 0.4) is 0 Å². The van der Waals surface area contributed by atoms with Gasteiger partial charge in [0.25, 0.3) is 5.91 Å². The van der Waals surface area contributed by atoms with Gasteiger partial charge in [0, 0.05) is 24.3 Å². The lowest BCUT2D eigenvalue weighted by atomic mass is 10.0. The summed E-state index contributed by atoms with van der Waals surface area (Å²) in [4.78, 5) is 22.3. The zero-order chi connectivity index (χ0) is 24.0. The van der Waals surface area contributed by atoms with E-state index in [2.05, 4.69) is 21.9 Å². The average molecular weight is 441 g/mol. The SMILES string of the molecule is C=C(C#N)C(=O)N(CCNc1ncnc(N)c1C(=N)c1ccc(C)c(O)c1)c1ccccc1. The molecule has 0 aliphatic heterocycles. The minimum atomic E-state index is -0.504. The molecule has 3 aromatic rings. The van der Waals surface area contributed by atoms with E-state index in [9.17, 15) is 9.90 Å². The Morgan fingerprint density at radius 1 is 1.27 bits per heavy atom. The number of benzene rings is 2. The zero-order valence-electron chi connectivity index (χ0n) is 18.0. The first-order valence-corrected chi connectivity index (χ1v) is 10.0. The molecule has 2 aromatic carbocycles. The molecule has 1 amide bonds. The average Bonchev–Trinajstić information content (AvgIpc) is 2.83. The zero-order valence-corrected chi connectivity index (χ0v) is 18.0. The van der Waals surface area contributed by atoms with Gasteiger partial charge in [0.15, 0.2) is 0 Å². The van der Waals surface area contributed by atoms with Gasteiger partial charge in [-0.25, -0.2) is 9.97 Å². The van der Waals surface area contributed by atoms with Crippen molar-refractivity contribution in [3.8, 4) is 11.8 Å². The van der Waals surface area contributed by atoms with Gasteiger partial charge in [-0.15, -0.1) is 0 Å². The molecule has 0 aliphatic carbocycles. The number of hydrogen-bond donors (Lipinski definition) is 4. The number of aromatic hydroxyl groups is 1. The maximum atomic E-state index is 12.7. The normalized spacial score (nSPS) is 10.2. The number of hydrogen-bond acceptors (Lipinski definition) is 8. The summed E-state index contributed by atoms with van der Waals surface area (Å²) in [7, 11) is 0. The number of phenolic OH excluding ortho intramolecular Hbond substituents is 1. The van der Waals surface area contributed by atoms with Crippen LogP contribution in [0.25, 0.3) is 0 Å². The molecule has 0 bridgehead atoms. The van der Waals surface area contributed by atoms with Crippen LogP contribution in [0, 0.1) is 23.7 Å². The van der Waals surface area contributed by atoms with Crippen LogP contribution in [0.1, 0.15) is 16.7 Å². The number of nitrogen functional groups attached to an aromatic ring is 1. The summed E-state index contributed by atoms with van der Waals surface area (Å²) >= 11 is 0. The summed E-state index contributed by atoms with van der Waals surface area (Å²) < 4.78 is 0. The van der Waals surface area contributed by atoms with E-state index in [0.29, 0.717) is 22.6 Å². The van der Waals surface area contributed by atoms with Crippen molar-refractivity contribution in [1.82, 2.24) is 9.97 Å². The monoisotopic (exact) mass is 441 g/mol. The van der Waals surface area contributed by atoms with Gasteiger partial charge in [0.1, 0.15) is 35.4 Å². The highest BCUT2D eigenvalue weighted by molar-refractivity contribution is 6.16. The lowest BCUT2D eigenvalue weighted by Gasteiger charge is -2.23. The molecule has 33 heavy (non-hydrogen) atoms. The molecule has 0 fully saturated rings. The fourth-order valence-electron chi connectivity index (χ4n) is 3.14. The van der Waals surface area contributed by atoms with Crippen LogP contribution in [0.5, 0.6) is 5.75 Å². The van der Waals surface area contributed by atoms with Crippen molar-refractivity contribution in [1.29, 1.82) is 10.7 Å². The van der Waals surface area contributed by atoms with Crippen LogP contribution >= 0.6 is 0 Å². The first kappa shape index (κ1) is 23.0. The van der Waals surface area contributed by atoms with Gasteiger partial charge in [-0.1, -0.05) is 36.9 Å². The quantitative estimate of drug-likeness (QED) is 0.238. The number of carbonyl (C=O) groups is 1. The van der Waals surface area contributed by atoms with Crippen LogP contribution in [0.15, 0.2) is 67.0 Å². The van der Waals surface area contributed by atoms with Gasteiger partial charge in [-0.3, -0.25) is 10.2 Å². The maximum absolute atomic E-state index is 12.7. The lowest BCUT2D eigenvalue weighted by Crippen LogP contribution is -2.36. The molecule has 9 heteroatoms. The van der Waals surface area contributed by atoms with Gasteiger partial charge in [-0.05, 0) is 30.7 Å². The summed E-state index contributed by atoms with van der Waals surface area (Å²) in [6, 6.07) is 15.6. The van der Waals surface area contributed by atoms with Crippen LogP contribution in [0.4, 0.5) is 17.3 Å². The largest absolute Gasteiger partial charge is 0.508 e. The summed E-state index contributed by atoms with van der Waals surface area (Å²) in [5, 5.41) is 30.8. The van der Waals surface area contributed by atoms with Crippen molar-refractivity contribution >= 4 is 28.9 Å². The fourth-order valence-corrected chi connectivity index (χ4v) is 3.14. The molecule has 1 aromatic heterocycles. The number of amides is 1. The van der Waals surface area contributed by atoms with E-state index >= 15 is 0 Å². The van der Waals surface area contributed by atoms with Crippen LogP contribution in [-0.4, -0.2) is 39.8 Å². The first-order chi connectivity index (χ1) is 15.8. The molecule has 3 rings (SSSR count). The molecule has 9 nitrogen and oxygen atoms in total. The summed E-state index contributed by atoms with van der Waals surface area (Å²) in [6.45, 7) is 5.73. The van der Waals surface area contributed by atoms with Crippen molar-refractivity contribution in [3.05, 3.63) is 83.7 Å². The Morgan fingerprint density at radius 3 is 2.67 bits per heavy atom. The van der Waals surface area contributed by atoms with Gasteiger partial charge in [-0.2, -0.15) is 5.26 Å². The van der Waals surface area contributed by atoms with Crippen molar-refractivity contribution in [2.24, 2.45) is 0 Å². The highest BCUT2D eigenvalue weighted by Gasteiger charge is 2.20. The molecule has 166 valence electrons. The number of carbonyl (C=O) groups excluding carboxylic acids is 1. The number of nitrogens with one attached hydrogen (secondary N) is 2. The van der Waals surface area contributed by atoms with Crippen molar-refractivity contribution in [3.63, 3.8) is 0 Å². The van der Waals surface area contributed by atoms with E-state index in [4.69, 9.17) is 16.4 Å². The molecule has 1 heterocycles. The Bertz CT molecular complexity index is 1250. The molecular weight excluding hydrogens is 418 g/mol. The third kappa shape index (κ3) is 5.14. The second kappa shape index (κ2) is 10.1. The Kier molecular flexibility index (Phi) is 7.00. The maximum Gasteiger partial charge on any atom is 0.268 e. The van der Waals surface area contributed by atoms with Gasteiger partial charge >= 0.3 is 0 Å². The van der Waals surface area contributed by atoms with Crippen LogP contribution in [-0.2, 0) is 4.79 Å². The number of nitrogens with two attached hydrogens (primary N) is 1. The predicted octanol–water partition coefficient (Wildman–Crippen LogP) is 3.01. The van der Waals surface area contributed by atoms with E-state index in [1.54, 1.807) is 49.4 Å². The molecule has 0 atom stereocenters. The van der Waals surface area contributed by atoms with E-state index in [1.165, 1.54) is 17.3 Å². The molecule has 0 aliphatic rings. The number of rotatable bonds is 8. The first-order valence-electron chi connectivity index (χ1n) is 10.0. The topological polar surface area (TPSA) is 152 Å². The predicted molar refractivity (Wildman–Crippen MR) is 127 cm³/mol. The molecule has 0 spiro atoms. The molecular formula is C24H23N7O2.